The highest BCUT2D eigenvalue weighted by atomic mass is 32.2. The molecule has 0 spiro atoms. The molecule has 28 heavy (non-hydrogen) atoms. The fraction of sp³-hybridized carbons (Fsp3) is 0.409. The maximum Gasteiger partial charge on any atom is 0.251 e. The Kier molecular flexibility index (Phi) is 5.25. The summed E-state index contributed by atoms with van der Waals surface area (Å²) in [4.78, 5) is 12.8. The number of benzene rings is 2. The van der Waals surface area contributed by atoms with Crippen molar-refractivity contribution in [1.29, 1.82) is 0 Å². The average molecular weight is 399 g/mol. The summed E-state index contributed by atoms with van der Waals surface area (Å²) < 4.78 is 27.4. The molecule has 0 radical (unpaired) electrons. The van der Waals surface area contributed by atoms with Crippen LogP contribution in [0.5, 0.6) is 0 Å². The molecule has 0 aromatic heterocycles. The lowest BCUT2D eigenvalue weighted by Gasteiger charge is -2.20. The van der Waals surface area contributed by atoms with E-state index in [0.717, 1.165) is 31.2 Å². The largest absolute Gasteiger partial charge is 0.346 e. The van der Waals surface area contributed by atoms with E-state index < -0.39 is 10.0 Å². The van der Waals surface area contributed by atoms with Crippen LogP contribution in [-0.2, 0) is 22.9 Å². The third kappa shape index (κ3) is 4.28. The van der Waals surface area contributed by atoms with E-state index in [1.165, 1.54) is 36.1 Å². The molecule has 0 bridgehead atoms. The van der Waals surface area contributed by atoms with Crippen LogP contribution >= 0.6 is 0 Å². The van der Waals surface area contributed by atoms with Crippen LogP contribution in [0.4, 0.5) is 0 Å². The molecule has 4 rings (SSSR count). The maximum absolute atomic E-state index is 12.7. The van der Waals surface area contributed by atoms with Gasteiger partial charge in [-0.2, -0.15) is 0 Å². The van der Waals surface area contributed by atoms with Crippen LogP contribution in [0, 0.1) is 0 Å². The van der Waals surface area contributed by atoms with Crippen LogP contribution in [0.25, 0.3) is 0 Å². The van der Waals surface area contributed by atoms with E-state index in [1.54, 1.807) is 12.1 Å². The summed E-state index contributed by atoms with van der Waals surface area (Å²) in [5, 5.41) is 3.00. The Morgan fingerprint density at radius 3 is 2.54 bits per heavy atom. The Labute approximate surface area is 166 Å². The van der Waals surface area contributed by atoms with Crippen molar-refractivity contribution >= 4 is 15.9 Å². The molecule has 1 unspecified atom stereocenters. The van der Waals surface area contributed by atoms with Crippen molar-refractivity contribution < 1.29 is 13.2 Å². The van der Waals surface area contributed by atoms with Crippen LogP contribution in [0.3, 0.4) is 0 Å². The van der Waals surface area contributed by atoms with E-state index in [4.69, 9.17) is 0 Å². The highest BCUT2D eigenvalue weighted by Crippen LogP contribution is 2.25. The third-order valence-electron chi connectivity index (χ3n) is 5.53. The topological polar surface area (TPSA) is 75.3 Å². The molecule has 0 heterocycles. The van der Waals surface area contributed by atoms with Crippen LogP contribution in [0.1, 0.15) is 65.7 Å². The summed E-state index contributed by atoms with van der Waals surface area (Å²) >= 11 is 0. The zero-order valence-corrected chi connectivity index (χ0v) is 16.9. The van der Waals surface area contributed by atoms with Gasteiger partial charge in [0.15, 0.2) is 0 Å². The van der Waals surface area contributed by atoms with Gasteiger partial charge in [0.1, 0.15) is 0 Å². The molecule has 0 saturated heterocycles. The van der Waals surface area contributed by atoms with Crippen molar-refractivity contribution in [3.8, 4) is 0 Å². The number of carbonyl (C=O) groups excluding carboxylic acids is 1. The fourth-order valence-corrected chi connectivity index (χ4v) is 5.03. The molecule has 1 atom stereocenters. The third-order valence-corrected chi connectivity index (χ3v) is 7.04. The van der Waals surface area contributed by atoms with E-state index in [2.05, 4.69) is 28.2 Å². The molecular formula is C22H26N2O3S. The van der Waals surface area contributed by atoms with Crippen molar-refractivity contribution in [3.05, 3.63) is 64.7 Å². The molecule has 2 aliphatic rings. The molecule has 5 nitrogen and oxygen atoms in total. The van der Waals surface area contributed by atoms with Crippen molar-refractivity contribution in [2.75, 3.05) is 0 Å². The molecule has 0 aliphatic heterocycles. The highest BCUT2D eigenvalue weighted by Gasteiger charge is 2.28. The minimum absolute atomic E-state index is 0.0338. The van der Waals surface area contributed by atoms with E-state index in [0.29, 0.717) is 5.56 Å². The maximum atomic E-state index is 12.7. The second kappa shape index (κ2) is 7.68. The summed E-state index contributed by atoms with van der Waals surface area (Å²) in [6, 6.07) is 12.5. The van der Waals surface area contributed by atoms with Gasteiger partial charge in [0.25, 0.3) is 5.91 Å². The van der Waals surface area contributed by atoms with E-state index in [1.807, 2.05) is 6.92 Å². The van der Waals surface area contributed by atoms with Crippen LogP contribution in [0.2, 0.25) is 0 Å². The van der Waals surface area contributed by atoms with Crippen molar-refractivity contribution in [2.24, 2.45) is 0 Å². The molecule has 2 aromatic rings. The number of carbonyl (C=O) groups is 1. The number of hydrogen-bond acceptors (Lipinski definition) is 3. The molecule has 1 fully saturated rings. The minimum atomic E-state index is -3.57. The summed E-state index contributed by atoms with van der Waals surface area (Å²) in [5.74, 6) is -0.270. The Morgan fingerprint density at radius 1 is 1.04 bits per heavy atom. The van der Waals surface area contributed by atoms with Gasteiger partial charge in [-0.3, -0.25) is 4.79 Å². The Bertz CT molecular complexity index is 997. The molecule has 1 amide bonds. The van der Waals surface area contributed by atoms with Crippen LogP contribution < -0.4 is 10.0 Å². The second-order valence-corrected chi connectivity index (χ2v) is 9.57. The van der Waals surface area contributed by atoms with Gasteiger partial charge in [-0.05, 0) is 80.3 Å². The second-order valence-electron chi connectivity index (χ2n) is 7.85. The predicted molar refractivity (Wildman–Crippen MR) is 109 cm³/mol. The van der Waals surface area contributed by atoms with Crippen molar-refractivity contribution in [1.82, 2.24) is 10.0 Å². The number of hydrogen-bond donors (Lipinski definition) is 2. The molecule has 2 N–H and O–H groups in total. The summed E-state index contributed by atoms with van der Waals surface area (Å²) in [5.41, 5.74) is 4.22. The minimum Gasteiger partial charge on any atom is -0.346 e. The summed E-state index contributed by atoms with van der Waals surface area (Å²) in [6.45, 7) is 1.96. The number of amides is 1. The monoisotopic (exact) mass is 398 g/mol. The van der Waals surface area contributed by atoms with Crippen molar-refractivity contribution in [2.45, 2.75) is 62.4 Å². The number of aryl methyl sites for hydroxylation is 2. The van der Waals surface area contributed by atoms with Crippen LogP contribution in [-0.4, -0.2) is 20.4 Å². The van der Waals surface area contributed by atoms with E-state index >= 15 is 0 Å². The molecule has 2 aromatic carbocycles. The predicted octanol–water partition coefficient (Wildman–Crippen LogP) is 3.50. The SMILES string of the molecule is CC(NC(=O)c1cccc(S(=O)(=O)NC2CC2)c1)c1ccc2c(c1)CCCC2. The van der Waals surface area contributed by atoms with Crippen LogP contribution in [0.15, 0.2) is 47.4 Å². The van der Waals surface area contributed by atoms with Gasteiger partial charge in [0.05, 0.1) is 10.9 Å². The highest BCUT2D eigenvalue weighted by molar-refractivity contribution is 7.89. The molecular weight excluding hydrogens is 372 g/mol. The van der Waals surface area contributed by atoms with Gasteiger partial charge >= 0.3 is 0 Å². The smallest absolute Gasteiger partial charge is 0.251 e. The van der Waals surface area contributed by atoms with Gasteiger partial charge in [-0.1, -0.05) is 24.3 Å². The van der Waals surface area contributed by atoms with Gasteiger partial charge in [-0.25, -0.2) is 13.1 Å². The summed E-state index contributed by atoms with van der Waals surface area (Å²) in [6.07, 6.45) is 6.43. The average Bonchev–Trinajstić information content (AvgIpc) is 3.51. The summed E-state index contributed by atoms with van der Waals surface area (Å²) in [7, 11) is -3.57. The van der Waals surface area contributed by atoms with Gasteiger partial charge in [0.2, 0.25) is 10.0 Å². The lowest BCUT2D eigenvalue weighted by molar-refractivity contribution is 0.0939. The van der Waals surface area contributed by atoms with E-state index in [9.17, 15) is 13.2 Å². The Hall–Kier alpha value is -2.18. The van der Waals surface area contributed by atoms with Gasteiger partial charge in [0, 0.05) is 11.6 Å². The first kappa shape index (κ1) is 19.2. The number of sulfonamides is 1. The quantitative estimate of drug-likeness (QED) is 0.782. The number of rotatable bonds is 6. The zero-order chi connectivity index (χ0) is 19.7. The Morgan fingerprint density at radius 2 is 1.79 bits per heavy atom. The lowest BCUT2D eigenvalue weighted by atomic mass is 9.89. The first-order valence-corrected chi connectivity index (χ1v) is 11.5. The van der Waals surface area contributed by atoms with Gasteiger partial charge < -0.3 is 5.32 Å². The first-order valence-electron chi connectivity index (χ1n) is 9.97. The standard InChI is InChI=1S/C22H26N2O3S/c1-15(17-10-9-16-5-2-3-6-18(16)13-17)23-22(25)19-7-4-8-21(14-19)28(26,27)24-20-11-12-20/h4,7-10,13-15,20,24H,2-3,5-6,11-12H2,1H3,(H,23,25). The normalized spacial score (nSPS) is 17.6. The van der Waals surface area contributed by atoms with Gasteiger partial charge in [-0.15, -0.1) is 0 Å². The molecule has 148 valence electrons. The Balaban J connectivity index is 1.48. The lowest BCUT2D eigenvalue weighted by Crippen LogP contribution is -2.28. The number of fused-ring (bicyclic) bond motifs is 1. The number of nitrogens with one attached hydrogen (secondary N) is 2. The molecule has 6 heteroatoms. The molecule has 1 saturated carbocycles. The fourth-order valence-electron chi connectivity index (χ4n) is 3.68. The van der Waals surface area contributed by atoms with Crippen molar-refractivity contribution in [3.63, 3.8) is 0 Å². The zero-order valence-electron chi connectivity index (χ0n) is 16.1. The first-order chi connectivity index (χ1) is 13.4. The molecule has 2 aliphatic carbocycles. The van der Waals surface area contributed by atoms with E-state index in [-0.39, 0.29) is 22.9 Å².